The van der Waals surface area contributed by atoms with Crippen LogP contribution in [0.3, 0.4) is 0 Å². The number of aliphatic hydroxyl groups is 1. The Labute approximate surface area is 109 Å². The fraction of sp³-hybridized carbons (Fsp3) is 0.786. The Hall–Kier alpha value is -0.870. The number of hydrogen-bond acceptors (Lipinski definition) is 3. The fourth-order valence-corrected chi connectivity index (χ4v) is 2.67. The highest BCUT2D eigenvalue weighted by Crippen LogP contribution is 2.24. The average molecular weight is 252 g/mol. The SMILES string of the molecule is CCc1cc(CC(O)C2OCCC2C)n(CC)n1. The average Bonchev–Trinajstić information content (AvgIpc) is 2.95. The summed E-state index contributed by atoms with van der Waals surface area (Å²) < 4.78 is 7.61. The van der Waals surface area contributed by atoms with Gasteiger partial charge in [0, 0.05) is 25.3 Å². The van der Waals surface area contributed by atoms with Crippen molar-refractivity contribution in [2.75, 3.05) is 6.61 Å². The first-order valence-corrected chi connectivity index (χ1v) is 7.01. The molecule has 18 heavy (non-hydrogen) atoms. The molecular weight excluding hydrogens is 228 g/mol. The van der Waals surface area contributed by atoms with Crippen LogP contribution in [0.4, 0.5) is 0 Å². The second kappa shape index (κ2) is 5.85. The molecule has 0 bridgehead atoms. The minimum absolute atomic E-state index is 0.0183. The van der Waals surface area contributed by atoms with Crippen molar-refractivity contribution in [2.24, 2.45) is 5.92 Å². The Morgan fingerprint density at radius 2 is 2.33 bits per heavy atom. The zero-order valence-electron chi connectivity index (χ0n) is 11.6. The summed E-state index contributed by atoms with van der Waals surface area (Å²) in [7, 11) is 0. The summed E-state index contributed by atoms with van der Waals surface area (Å²) in [5, 5.41) is 14.8. The highest BCUT2D eigenvalue weighted by Gasteiger charge is 2.31. The van der Waals surface area contributed by atoms with E-state index in [4.69, 9.17) is 4.74 Å². The first-order valence-electron chi connectivity index (χ1n) is 7.01. The highest BCUT2D eigenvalue weighted by atomic mass is 16.5. The van der Waals surface area contributed by atoms with E-state index >= 15 is 0 Å². The van der Waals surface area contributed by atoms with Gasteiger partial charge in [0.25, 0.3) is 0 Å². The third-order valence-electron chi connectivity index (χ3n) is 3.82. The summed E-state index contributed by atoms with van der Waals surface area (Å²) >= 11 is 0. The van der Waals surface area contributed by atoms with Gasteiger partial charge in [-0.2, -0.15) is 5.10 Å². The van der Waals surface area contributed by atoms with Crippen molar-refractivity contribution in [1.82, 2.24) is 9.78 Å². The van der Waals surface area contributed by atoms with E-state index in [0.29, 0.717) is 12.3 Å². The minimum atomic E-state index is -0.422. The van der Waals surface area contributed by atoms with Gasteiger partial charge in [0.2, 0.25) is 0 Å². The molecular formula is C14H24N2O2. The lowest BCUT2D eigenvalue weighted by Gasteiger charge is -2.21. The molecule has 3 unspecified atom stereocenters. The van der Waals surface area contributed by atoms with Crippen LogP contribution in [0.25, 0.3) is 0 Å². The Bertz CT molecular complexity index is 389. The van der Waals surface area contributed by atoms with Gasteiger partial charge in [0.1, 0.15) is 0 Å². The summed E-state index contributed by atoms with van der Waals surface area (Å²) in [6, 6.07) is 2.10. The molecule has 0 saturated carbocycles. The zero-order chi connectivity index (χ0) is 13.1. The molecule has 0 aliphatic carbocycles. The largest absolute Gasteiger partial charge is 0.390 e. The summed E-state index contributed by atoms with van der Waals surface area (Å²) in [6.07, 6.45) is 2.18. The van der Waals surface area contributed by atoms with Gasteiger partial charge >= 0.3 is 0 Å². The van der Waals surface area contributed by atoms with Crippen molar-refractivity contribution in [3.63, 3.8) is 0 Å². The molecule has 2 rings (SSSR count). The second-order valence-corrected chi connectivity index (χ2v) is 5.17. The molecule has 1 aromatic heterocycles. The topological polar surface area (TPSA) is 47.3 Å². The van der Waals surface area contributed by atoms with Gasteiger partial charge in [-0.15, -0.1) is 0 Å². The summed E-state index contributed by atoms with van der Waals surface area (Å²) in [6.45, 7) is 7.95. The van der Waals surface area contributed by atoms with Gasteiger partial charge < -0.3 is 9.84 Å². The maximum Gasteiger partial charge on any atom is 0.0864 e. The molecule has 102 valence electrons. The zero-order valence-corrected chi connectivity index (χ0v) is 11.6. The fourth-order valence-electron chi connectivity index (χ4n) is 2.67. The highest BCUT2D eigenvalue weighted by molar-refractivity contribution is 5.12. The van der Waals surface area contributed by atoms with Crippen LogP contribution in [-0.4, -0.2) is 33.7 Å². The number of nitrogens with zero attached hydrogens (tertiary/aromatic N) is 2. The second-order valence-electron chi connectivity index (χ2n) is 5.17. The van der Waals surface area contributed by atoms with E-state index < -0.39 is 6.10 Å². The molecule has 0 amide bonds. The number of aryl methyl sites for hydroxylation is 2. The molecule has 4 nitrogen and oxygen atoms in total. The Morgan fingerprint density at radius 3 is 2.89 bits per heavy atom. The number of hydrogen-bond donors (Lipinski definition) is 1. The van der Waals surface area contributed by atoms with E-state index in [-0.39, 0.29) is 6.10 Å². The monoisotopic (exact) mass is 252 g/mol. The number of ether oxygens (including phenoxy) is 1. The lowest BCUT2D eigenvalue weighted by Crippen LogP contribution is -2.32. The third-order valence-corrected chi connectivity index (χ3v) is 3.82. The molecule has 1 N–H and O–H groups in total. The van der Waals surface area contributed by atoms with E-state index in [2.05, 4.69) is 31.9 Å². The van der Waals surface area contributed by atoms with Crippen molar-refractivity contribution in [2.45, 2.75) is 58.8 Å². The van der Waals surface area contributed by atoms with E-state index in [1.165, 1.54) is 0 Å². The summed E-state index contributed by atoms with van der Waals surface area (Å²) in [5.74, 6) is 0.448. The molecule has 1 aliphatic heterocycles. The molecule has 2 heterocycles. The predicted octanol–water partition coefficient (Wildman–Crippen LogP) is 1.79. The molecule has 1 fully saturated rings. The van der Waals surface area contributed by atoms with Crippen molar-refractivity contribution in [3.05, 3.63) is 17.5 Å². The Kier molecular flexibility index (Phi) is 4.40. The van der Waals surface area contributed by atoms with Crippen LogP contribution in [0, 0.1) is 5.92 Å². The number of rotatable bonds is 5. The lowest BCUT2D eigenvalue weighted by molar-refractivity contribution is -0.0165. The Morgan fingerprint density at radius 1 is 1.56 bits per heavy atom. The van der Waals surface area contributed by atoms with Crippen molar-refractivity contribution in [1.29, 1.82) is 0 Å². The standard InChI is InChI=1S/C14H24N2O2/c1-4-11-8-12(16(5-2)15-11)9-13(17)14-10(3)6-7-18-14/h8,10,13-14,17H,4-7,9H2,1-3H3. The van der Waals surface area contributed by atoms with Crippen LogP contribution < -0.4 is 0 Å². The Balaban J connectivity index is 2.05. The molecule has 1 aromatic rings. The summed E-state index contributed by atoms with van der Waals surface area (Å²) in [5.41, 5.74) is 2.21. The molecule has 1 aliphatic rings. The summed E-state index contributed by atoms with van der Waals surface area (Å²) in [4.78, 5) is 0. The maximum atomic E-state index is 10.3. The van der Waals surface area contributed by atoms with Gasteiger partial charge in [0.15, 0.2) is 0 Å². The quantitative estimate of drug-likeness (QED) is 0.869. The smallest absolute Gasteiger partial charge is 0.0864 e. The molecule has 3 atom stereocenters. The van der Waals surface area contributed by atoms with Crippen LogP contribution in [0.2, 0.25) is 0 Å². The number of aromatic nitrogens is 2. The van der Waals surface area contributed by atoms with Gasteiger partial charge in [-0.1, -0.05) is 13.8 Å². The normalized spacial score (nSPS) is 25.6. The first-order chi connectivity index (χ1) is 8.65. The van der Waals surface area contributed by atoms with E-state index in [9.17, 15) is 5.11 Å². The maximum absolute atomic E-state index is 10.3. The van der Waals surface area contributed by atoms with Gasteiger partial charge in [-0.05, 0) is 31.7 Å². The first kappa shape index (κ1) is 13.6. The van der Waals surface area contributed by atoms with Gasteiger partial charge in [0.05, 0.1) is 17.9 Å². The van der Waals surface area contributed by atoms with Crippen LogP contribution >= 0.6 is 0 Å². The van der Waals surface area contributed by atoms with Crippen LogP contribution in [0.15, 0.2) is 6.07 Å². The molecule has 0 radical (unpaired) electrons. The van der Waals surface area contributed by atoms with E-state index in [1.54, 1.807) is 0 Å². The van der Waals surface area contributed by atoms with Gasteiger partial charge in [-0.25, -0.2) is 0 Å². The predicted molar refractivity (Wildman–Crippen MR) is 70.5 cm³/mol. The van der Waals surface area contributed by atoms with Gasteiger partial charge in [-0.3, -0.25) is 4.68 Å². The molecule has 0 spiro atoms. The number of aliphatic hydroxyl groups excluding tert-OH is 1. The van der Waals surface area contributed by atoms with Crippen molar-refractivity contribution in [3.8, 4) is 0 Å². The van der Waals surface area contributed by atoms with Crippen molar-refractivity contribution >= 4 is 0 Å². The molecule has 0 aromatic carbocycles. The van der Waals surface area contributed by atoms with Crippen molar-refractivity contribution < 1.29 is 9.84 Å². The van der Waals surface area contributed by atoms with Crippen LogP contribution in [-0.2, 0) is 24.1 Å². The molecule has 4 heteroatoms. The van der Waals surface area contributed by atoms with E-state index in [0.717, 1.165) is 37.4 Å². The third kappa shape index (κ3) is 2.75. The van der Waals surface area contributed by atoms with Crippen LogP contribution in [0.5, 0.6) is 0 Å². The van der Waals surface area contributed by atoms with Crippen LogP contribution in [0.1, 0.15) is 38.6 Å². The minimum Gasteiger partial charge on any atom is -0.390 e. The molecule has 1 saturated heterocycles. The van der Waals surface area contributed by atoms with E-state index in [1.807, 2.05) is 4.68 Å². The lowest BCUT2D eigenvalue weighted by atomic mass is 9.96.